The number of nitrogens with zero attached hydrogens (tertiary/aromatic N) is 11. The number of para-hydroxylation sites is 2. The summed E-state index contributed by atoms with van der Waals surface area (Å²) in [4.78, 5) is 41.7. The van der Waals surface area contributed by atoms with Crippen molar-refractivity contribution in [1.82, 2.24) is 53.6 Å². The van der Waals surface area contributed by atoms with Gasteiger partial charge >= 0.3 is 0 Å². The van der Waals surface area contributed by atoms with Crippen LogP contribution in [0.15, 0.2) is 516 Å². The zero-order chi connectivity index (χ0) is 95.8. The fourth-order valence-electron chi connectivity index (χ4n) is 21.3. The van der Waals surface area contributed by atoms with Gasteiger partial charge in [0.25, 0.3) is 0 Å². The zero-order valence-electron chi connectivity index (χ0n) is 78.5. The summed E-state index contributed by atoms with van der Waals surface area (Å²) in [6.45, 7) is 0. The summed E-state index contributed by atoms with van der Waals surface area (Å²) >= 11 is 0. The van der Waals surface area contributed by atoms with E-state index in [1.165, 1.54) is 125 Å². The first kappa shape index (κ1) is 84.6. The molecule has 0 unspecified atom stereocenters. The second-order valence-electron chi connectivity index (χ2n) is 36.8. The quantitative estimate of drug-likeness (QED) is 0.112. The molecule has 6 aromatic heterocycles. The Morgan fingerprint density at radius 3 is 0.552 bits per heavy atom. The van der Waals surface area contributed by atoms with E-state index in [0.717, 1.165) is 111 Å². The predicted molar refractivity (Wildman–Crippen MR) is 602 cm³/mol. The van der Waals surface area contributed by atoms with Gasteiger partial charge in [-0.05, 0) is 169 Å². The van der Waals surface area contributed by atoms with E-state index in [1.807, 2.05) is 54.6 Å². The summed E-state index contributed by atoms with van der Waals surface area (Å²) < 4.78 is 6.75. The van der Waals surface area contributed by atoms with Crippen molar-refractivity contribution in [2.45, 2.75) is 0 Å². The van der Waals surface area contributed by atoms with Crippen LogP contribution in [0.5, 0.6) is 0 Å². The lowest BCUT2D eigenvalue weighted by atomic mass is 9.99. The van der Waals surface area contributed by atoms with Gasteiger partial charge in [-0.1, -0.05) is 467 Å². The molecular weight excluding hydrogens is 1760 g/mol. The molecule has 0 saturated carbocycles. The molecule has 29 aromatic rings. The highest BCUT2D eigenvalue weighted by atomic mass is 15.2. The van der Waals surface area contributed by atoms with Crippen LogP contribution in [0.1, 0.15) is 0 Å². The number of fused-ring (bicyclic) bond motifs is 22. The van der Waals surface area contributed by atoms with Crippen molar-refractivity contribution in [3.8, 4) is 130 Å². The van der Waals surface area contributed by atoms with E-state index in [9.17, 15) is 0 Å². The third-order valence-corrected chi connectivity index (χ3v) is 28.3. The lowest BCUT2D eigenvalue weighted by Gasteiger charge is -2.14. The Balaban J connectivity index is 0.000000110. The summed E-state index contributed by atoms with van der Waals surface area (Å²) in [6, 6.07) is 181. The predicted octanol–water partition coefficient (Wildman–Crippen LogP) is 34.3. The van der Waals surface area contributed by atoms with Crippen LogP contribution in [0.3, 0.4) is 0 Å². The van der Waals surface area contributed by atoms with E-state index < -0.39 is 0 Å². The molecule has 0 aliphatic carbocycles. The fourth-order valence-corrected chi connectivity index (χ4v) is 21.3. The van der Waals surface area contributed by atoms with Crippen LogP contribution in [-0.2, 0) is 0 Å². The normalized spacial score (nSPS) is 11.6. The van der Waals surface area contributed by atoms with Gasteiger partial charge in [0.2, 0.25) is 11.9 Å². The van der Waals surface area contributed by atoms with Crippen LogP contribution in [0.2, 0.25) is 0 Å². The molecule has 0 amide bonds. The monoisotopic (exact) mass is 1850 g/mol. The van der Waals surface area contributed by atoms with E-state index in [4.69, 9.17) is 39.9 Å². The van der Waals surface area contributed by atoms with E-state index in [1.54, 1.807) is 0 Å². The minimum Gasteiger partial charge on any atom is -0.292 e. The Morgan fingerprint density at radius 1 is 0.124 bits per heavy atom. The van der Waals surface area contributed by atoms with Crippen LogP contribution in [0, 0.1) is 0 Å². The molecule has 11 heteroatoms. The number of benzene rings is 23. The lowest BCUT2D eigenvalue weighted by molar-refractivity contribution is 0.953. The molecule has 0 spiro atoms. The Morgan fingerprint density at radius 2 is 0.310 bits per heavy atom. The van der Waals surface area contributed by atoms with Gasteiger partial charge in [-0.3, -0.25) is 13.7 Å². The van der Waals surface area contributed by atoms with Crippen molar-refractivity contribution in [1.29, 1.82) is 0 Å². The minimum atomic E-state index is 0.577. The molecule has 0 radical (unpaired) electrons. The first-order valence-electron chi connectivity index (χ1n) is 49.0. The van der Waals surface area contributed by atoms with Gasteiger partial charge in [0.15, 0.2) is 29.1 Å². The van der Waals surface area contributed by atoms with Gasteiger partial charge < -0.3 is 0 Å². The number of hydrogen-bond acceptors (Lipinski definition) is 8. The third kappa shape index (κ3) is 15.3. The second-order valence-corrected chi connectivity index (χ2v) is 36.8. The van der Waals surface area contributed by atoms with Crippen molar-refractivity contribution < 1.29 is 0 Å². The Bertz CT molecular complexity index is 9700. The van der Waals surface area contributed by atoms with E-state index >= 15 is 0 Å². The summed E-state index contributed by atoms with van der Waals surface area (Å²) in [5.41, 5.74) is 25.5. The first-order valence-corrected chi connectivity index (χ1v) is 49.0. The average Bonchev–Trinajstić information content (AvgIpc) is 1.57. The number of hydrogen-bond donors (Lipinski definition) is 0. The molecule has 23 aromatic carbocycles. The third-order valence-electron chi connectivity index (χ3n) is 28.3. The van der Waals surface area contributed by atoms with Gasteiger partial charge in [0, 0.05) is 60.1 Å². The number of aromatic nitrogens is 11. The van der Waals surface area contributed by atoms with Gasteiger partial charge in [0.1, 0.15) is 5.69 Å². The van der Waals surface area contributed by atoms with E-state index in [2.05, 4.69) is 475 Å². The van der Waals surface area contributed by atoms with Gasteiger partial charge in [-0.15, -0.1) is 0 Å². The van der Waals surface area contributed by atoms with Crippen molar-refractivity contribution in [2.75, 3.05) is 0 Å². The fraction of sp³-hybridized carbons (Fsp3) is 0. The lowest BCUT2D eigenvalue weighted by Crippen LogP contribution is -2.06. The Hall–Kier alpha value is -19.6. The highest BCUT2D eigenvalue weighted by molar-refractivity contribution is 6.31. The highest BCUT2D eigenvalue weighted by Crippen LogP contribution is 2.47. The second kappa shape index (κ2) is 36.0. The average molecular weight is 1850 g/mol. The molecule has 0 saturated heterocycles. The topological polar surface area (TPSA) is 118 Å². The van der Waals surface area contributed by atoms with Crippen molar-refractivity contribution in [2.24, 2.45) is 0 Å². The molecule has 0 aliphatic rings. The molecule has 11 nitrogen and oxygen atoms in total. The van der Waals surface area contributed by atoms with Crippen molar-refractivity contribution >= 4 is 141 Å². The molecule has 0 atom stereocenters. The largest absolute Gasteiger partial charge is 0.292 e. The molecule has 29 rings (SSSR count). The van der Waals surface area contributed by atoms with E-state index in [-0.39, 0.29) is 0 Å². The van der Waals surface area contributed by atoms with Crippen LogP contribution < -0.4 is 0 Å². The Kier molecular flexibility index (Phi) is 21.0. The van der Waals surface area contributed by atoms with Crippen LogP contribution in [-0.4, -0.2) is 53.6 Å². The summed E-state index contributed by atoms with van der Waals surface area (Å²) in [5, 5.41) is 21.8. The molecule has 676 valence electrons. The van der Waals surface area contributed by atoms with Gasteiger partial charge in [0.05, 0.1) is 44.1 Å². The highest BCUT2D eigenvalue weighted by Gasteiger charge is 2.27. The maximum absolute atomic E-state index is 5.29. The van der Waals surface area contributed by atoms with E-state index in [0.29, 0.717) is 35.2 Å². The molecule has 0 aliphatic heterocycles. The Labute approximate surface area is 834 Å². The standard InChI is InChI=1S/C53H34N4.C47H30N4.C34H21N3/c1-3-11-35(12-4-1)37-19-21-39(22-20-37)40-25-29-44(30-26-40)52-54-51(43-27-23-38(24-28-43)36-13-5-2-6-14-36)55-53(56-52)57-47-33-31-41-15-7-9-17-45(41)49(47)50-46-18-10-8-16-42(46)32-34-48(50)57;1-3-11-31(12-4-1)33-19-23-37(24-20-33)45-48-46(38-25-21-34(22-26-38)32-13-5-2-6-14-32)50-47(49-45)51-41-29-27-35-15-7-9-17-39(35)43(41)44-40-18-10-8-16-36(40)28-30-42(44)51;1-2-12-24(13-3-1)33-34(36-28-17-9-8-16-27(28)35-33)37-29-20-18-22-10-4-6-14-25(22)31(29)32-26-15-7-5-11-23(26)19-21-30(32)37/h1-34H;1-30H;1-21H. The molecule has 6 heterocycles. The molecule has 0 fully saturated rings. The smallest absolute Gasteiger partial charge is 0.238 e. The molecular formula is C134H85N11. The summed E-state index contributed by atoms with van der Waals surface area (Å²) in [7, 11) is 0. The maximum Gasteiger partial charge on any atom is 0.238 e. The summed E-state index contributed by atoms with van der Waals surface area (Å²) in [5.74, 6) is 4.48. The minimum absolute atomic E-state index is 0.577. The number of rotatable bonds is 13. The van der Waals surface area contributed by atoms with Crippen LogP contribution in [0.4, 0.5) is 0 Å². The zero-order valence-corrected chi connectivity index (χ0v) is 78.5. The molecule has 145 heavy (non-hydrogen) atoms. The van der Waals surface area contributed by atoms with Crippen LogP contribution in [0.25, 0.3) is 271 Å². The molecule has 0 bridgehead atoms. The maximum atomic E-state index is 5.29. The summed E-state index contributed by atoms with van der Waals surface area (Å²) in [6.07, 6.45) is 0. The SMILES string of the molecule is c1ccc(-c2ccc(-c3ccc(-c4nc(-c5ccc(-c6ccccc6)cc5)nc(-n5c6ccc7ccccc7c6c6c7ccccc7ccc65)n4)cc3)cc2)cc1.c1ccc(-c2ccc(-c3nc(-c4ccc(-c5ccccc5)cc4)nc(-n4c5ccc6ccccc6c5c5c6ccccc6ccc54)n3)cc2)cc1.c1ccc(-c2nc3ccccc3nc2-n2c3ccc4ccccc4c3c3c4ccccc4ccc32)cc1. The van der Waals surface area contributed by atoms with Gasteiger partial charge in [-0.25, -0.2) is 19.9 Å². The van der Waals surface area contributed by atoms with Gasteiger partial charge in [-0.2, -0.15) is 19.9 Å². The first-order chi connectivity index (χ1) is 71.9. The van der Waals surface area contributed by atoms with Crippen molar-refractivity contribution in [3.05, 3.63) is 516 Å². The van der Waals surface area contributed by atoms with Crippen molar-refractivity contribution in [3.63, 3.8) is 0 Å². The van der Waals surface area contributed by atoms with Crippen LogP contribution >= 0.6 is 0 Å². The molecule has 0 N–H and O–H groups in total.